The van der Waals surface area contributed by atoms with E-state index in [0.717, 1.165) is 56.4 Å². The van der Waals surface area contributed by atoms with Crippen LogP contribution in [0.15, 0.2) is 29.3 Å². The number of hydrogen-bond acceptors (Lipinski definition) is 3. The number of hydrogen-bond donors (Lipinski definition) is 2. The van der Waals surface area contributed by atoms with Crippen molar-refractivity contribution in [1.29, 1.82) is 0 Å². The first kappa shape index (κ1) is 17.9. The van der Waals surface area contributed by atoms with Crippen LogP contribution in [0.2, 0.25) is 5.02 Å². The van der Waals surface area contributed by atoms with Crippen molar-refractivity contribution in [3.63, 3.8) is 0 Å². The maximum absolute atomic E-state index is 6.27. The number of rotatable bonds is 6. The number of halogens is 1. The number of piperazine rings is 1. The Balaban J connectivity index is 1.68. The van der Waals surface area contributed by atoms with E-state index in [-0.39, 0.29) is 0 Å². The van der Waals surface area contributed by atoms with Gasteiger partial charge in [0, 0.05) is 45.3 Å². The molecular formula is C17H28ClN5. The van der Waals surface area contributed by atoms with Crippen molar-refractivity contribution in [3.05, 3.63) is 29.3 Å². The molecule has 0 aromatic heterocycles. The molecule has 1 aliphatic heterocycles. The molecule has 0 radical (unpaired) electrons. The molecule has 1 aromatic rings. The first-order chi connectivity index (χ1) is 11.1. The molecule has 1 aromatic carbocycles. The summed E-state index contributed by atoms with van der Waals surface area (Å²) in [6.45, 7) is 10.1. The average Bonchev–Trinajstić information content (AvgIpc) is 2.52. The molecule has 0 unspecified atom stereocenters. The summed E-state index contributed by atoms with van der Waals surface area (Å²) in [6.07, 6.45) is 1.03. The van der Waals surface area contributed by atoms with Crippen molar-refractivity contribution < 1.29 is 0 Å². The lowest BCUT2D eigenvalue weighted by Crippen LogP contribution is -2.46. The molecular weight excluding hydrogens is 310 g/mol. The Morgan fingerprint density at radius 1 is 1.26 bits per heavy atom. The number of benzene rings is 1. The van der Waals surface area contributed by atoms with Gasteiger partial charge >= 0.3 is 0 Å². The third-order valence-electron chi connectivity index (χ3n) is 3.92. The van der Waals surface area contributed by atoms with Gasteiger partial charge in [-0.3, -0.25) is 9.89 Å². The summed E-state index contributed by atoms with van der Waals surface area (Å²) < 4.78 is 0. The summed E-state index contributed by atoms with van der Waals surface area (Å²) >= 11 is 6.27. The van der Waals surface area contributed by atoms with Crippen molar-refractivity contribution in [2.75, 3.05) is 44.2 Å². The summed E-state index contributed by atoms with van der Waals surface area (Å²) in [4.78, 5) is 9.20. The van der Waals surface area contributed by atoms with Crippen LogP contribution in [0.25, 0.3) is 0 Å². The van der Waals surface area contributed by atoms with E-state index in [2.05, 4.69) is 40.0 Å². The maximum Gasteiger partial charge on any atom is 0.188 e. The van der Waals surface area contributed by atoms with Crippen LogP contribution in [0.4, 0.5) is 5.69 Å². The molecule has 1 heterocycles. The van der Waals surface area contributed by atoms with Crippen molar-refractivity contribution in [3.8, 4) is 0 Å². The van der Waals surface area contributed by atoms with Crippen LogP contribution >= 0.6 is 11.6 Å². The molecule has 0 aliphatic carbocycles. The van der Waals surface area contributed by atoms with E-state index in [4.69, 9.17) is 17.3 Å². The minimum Gasteiger partial charge on any atom is -0.370 e. The number of nitrogens with two attached hydrogens (primary N) is 1. The van der Waals surface area contributed by atoms with Crippen molar-refractivity contribution in [1.82, 2.24) is 10.2 Å². The molecule has 0 atom stereocenters. The predicted octanol–water partition coefficient (Wildman–Crippen LogP) is 2.16. The highest BCUT2D eigenvalue weighted by molar-refractivity contribution is 6.33. The second-order valence-corrected chi connectivity index (χ2v) is 6.61. The SMILES string of the molecule is CC(C)NC(N)=NCCCN1CCN(c2ccccc2Cl)CC1. The number of para-hydroxylation sites is 1. The van der Waals surface area contributed by atoms with Gasteiger partial charge in [-0.25, -0.2) is 0 Å². The van der Waals surface area contributed by atoms with E-state index in [1.54, 1.807) is 0 Å². The molecule has 0 spiro atoms. The van der Waals surface area contributed by atoms with Crippen molar-refractivity contribution in [2.45, 2.75) is 26.3 Å². The summed E-state index contributed by atoms with van der Waals surface area (Å²) in [5.74, 6) is 0.545. The zero-order valence-corrected chi connectivity index (χ0v) is 14.9. The minimum atomic E-state index is 0.330. The third-order valence-corrected chi connectivity index (χ3v) is 4.24. The van der Waals surface area contributed by atoms with Gasteiger partial charge in [0.25, 0.3) is 0 Å². The molecule has 1 saturated heterocycles. The summed E-state index contributed by atoms with van der Waals surface area (Å²) in [5.41, 5.74) is 6.94. The standard InChI is InChI=1S/C17H28ClN5/c1-14(2)21-17(19)20-8-5-9-22-10-12-23(13-11-22)16-7-4-3-6-15(16)18/h3-4,6-7,14H,5,8-13H2,1-2H3,(H3,19,20,21). The average molecular weight is 338 g/mol. The van der Waals surface area contributed by atoms with Gasteiger partial charge in [0.2, 0.25) is 0 Å². The second-order valence-electron chi connectivity index (χ2n) is 6.20. The first-order valence-electron chi connectivity index (χ1n) is 8.34. The fraction of sp³-hybridized carbons (Fsp3) is 0.588. The molecule has 128 valence electrons. The molecule has 1 aliphatic rings. The Kier molecular flexibility index (Phi) is 6.99. The zero-order valence-electron chi connectivity index (χ0n) is 14.1. The zero-order chi connectivity index (χ0) is 16.7. The van der Waals surface area contributed by atoms with E-state index in [1.807, 2.05) is 18.2 Å². The van der Waals surface area contributed by atoms with Gasteiger partial charge < -0.3 is 16.0 Å². The molecule has 23 heavy (non-hydrogen) atoms. The summed E-state index contributed by atoms with van der Waals surface area (Å²) in [7, 11) is 0. The number of nitrogens with zero attached hydrogens (tertiary/aromatic N) is 3. The minimum absolute atomic E-state index is 0.330. The normalized spacial score (nSPS) is 16.9. The van der Waals surface area contributed by atoms with Gasteiger partial charge in [0.1, 0.15) is 0 Å². The lowest BCUT2D eigenvalue weighted by Gasteiger charge is -2.36. The highest BCUT2D eigenvalue weighted by Gasteiger charge is 2.18. The molecule has 3 N–H and O–H groups in total. The number of nitrogens with one attached hydrogen (secondary N) is 1. The Morgan fingerprint density at radius 2 is 1.96 bits per heavy atom. The molecule has 0 saturated carbocycles. The number of aliphatic imine (C=N–C) groups is 1. The molecule has 5 nitrogen and oxygen atoms in total. The largest absolute Gasteiger partial charge is 0.370 e. The van der Waals surface area contributed by atoms with Crippen LogP contribution < -0.4 is 16.0 Å². The number of guanidine groups is 1. The van der Waals surface area contributed by atoms with Crippen molar-refractivity contribution >= 4 is 23.2 Å². The lowest BCUT2D eigenvalue weighted by molar-refractivity contribution is 0.256. The molecule has 2 rings (SSSR count). The van der Waals surface area contributed by atoms with Gasteiger partial charge in [-0.15, -0.1) is 0 Å². The summed E-state index contributed by atoms with van der Waals surface area (Å²) in [5, 5.41) is 3.94. The van der Waals surface area contributed by atoms with E-state index in [0.29, 0.717) is 12.0 Å². The Bertz CT molecular complexity index is 509. The van der Waals surface area contributed by atoms with Crippen LogP contribution in [0.3, 0.4) is 0 Å². The number of anilines is 1. The van der Waals surface area contributed by atoms with Crippen LogP contribution in [-0.4, -0.2) is 56.2 Å². The highest BCUT2D eigenvalue weighted by atomic mass is 35.5. The molecule has 0 amide bonds. The van der Waals surface area contributed by atoms with Gasteiger partial charge in [-0.1, -0.05) is 23.7 Å². The van der Waals surface area contributed by atoms with Crippen molar-refractivity contribution in [2.24, 2.45) is 10.7 Å². The smallest absolute Gasteiger partial charge is 0.188 e. The van der Waals surface area contributed by atoms with E-state index < -0.39 is 0 Å². The monoisotopic (exact) mass is 337 g/mol. The maximum atomic E-state index is 6.27. The van der Waals surface area contributed by atoms with Gasteiger partial charge in [-0.2, -0.15) is 0 Å². The third kappa shape index (κ3) is 5.92. The highest BCUT2D eigenvalue weighted by Crippen LogP contribution is 2.25. The second kappa shape index (κ2) is 8.99. The topological polar surface area (TPSA) is 56.9 Å². The quantitative estimate of drug-likeness (QED) is 0.474. The van der Waals surface area contributed by atoms with Gasteiger partial charge in [0.05, 0.1) is 10.7 Å². The van der Waals surface area contributed by atoms with Crippen LogP contribution in [-0.2, 0) is 0 Å². The first-order valence-corrected chi connectivity index (χ1v) is 8.72. The lowest BCUT2D eigenvalue weighted by atomic mass is 10.2. The van der Waals surface area contributed by atoms with E-state index in [1.165, 1.54) is 0 Å². The van der Waals surface area contributed by atoms with E-state index >= 15 is 0 Å². The predicted molar refractivity (Wildman–Crippen MR) is 99.5 cm³/mol. The molecule has 0 bridgehead atoms. The van der Waals surface area contributed by atoms with Crippen LogP contribution in [0.5, 0.6) is 0 Å². The van der Waals surface area contributed by atoms with Crippen LogP contribution in [0.1, 0.15) is 20.3 Å². The summed E-state index contributed by atoms with van der Waals surface area (Å²) in [6, 6.07) is 8.40. The Hall–Kier alpha value is -1.46. The Morgan fingerprint density at radius 3 is 2.61 bits per heavy atom. The van der Waals surface area contributed by atoms with E-state index in [9.17, 15) is 0 Å². The van der Waals surface area contributed by atoms with Gasteiger partial charge in [-0.05, 0) is 32.4 Å². The fourth-order valence-electron chi connectivity index (χ4n) is 2.76. The molecule has 6 heteroatoms. The molecule has 1 fully saturated rings. The van der Waals surface area contributed by atoms with Crippen LogP contribution in [0, 0.1) is 0 Å². The fourth-order valence-corrected chi connectivity index (χ4v) is 3.01. The van der Waals surface area contributed by atoms with Gasteiger partial charge in [0.15, 0.2) is 5.96 Å². The Labute approximate surface area is 144 Å².